The van der Waals surface area contributed by atoms with Crippen molar-refractivity contribution in [2.24, 2.45) is 10.2 Å². The summed E-state index contributed by atoms with van der Waals surface area (Å²) in [5.74, 6) is -0.517. The number of hydrogen-bond acceptors (Lipinski definition) is 6. The van der Waals surface area contributed by atoms with Crippen LogP contribution >= 0.6 is 0 Å². The highest BCUT2D eigenvalue weighted by atomic mass is 16.3. The maximum atomic E-state index is 13.0. The molecule has 1 heterocycles. The fourth-order valence-electron chi connectivity index (χ4n) is 2.86. The molecule has 0 amide bonds. The number of pyridine rings is 1. The molecule has 0 atom stereocenters. The number of carbonyl (C=O) groups excluding carboxylic acids is 1. The van der Waals surface area contributed by atoms with E-state index in [1.165, 1.54) is 13.8 Å². The first kappa shape index (κ1) is 19.7. The topological polar surface area (TPSA) is 108 Å². The molecule has 0 fully saturated rings. The van der Waals surface area contributed by atoms with E-state index in [1.54, 1.807) is 24.3 Å². The highest BCUT2D eigenvalue weighted by Gasteiger charge is 2.19. The molecular weight excluding hydrogens is 368 g/mol. The fraction of sp³-hybridized carbons (Fsp3) is 0.136. The molecule has 7 nitrogen and oxygen atoms in total. The number of Topliss-reactive ketones (excluding diaryl/α,β-unsaturated/α-hetero) is 1. The fourth-order valence-corrected chi connectivity index (χ4v) is 2.86. The van der Waals surface area contributed by atoms with Gasteiger partial charge in [0, 0.05) is 11.1 Å². The van der Waals surface area contributed by atoms with Crippen LogP contribution in [0.2, 0.25) is 0 Å². The number of carbonyl (C=O) groups is 1. The monoisotopic (exact) mass is 386 g/mol. The minimum Gasteiger partial charge on any atom is -0.493 e. The standard InChI is InChI=1S/C22H18N4O3/c1-14-19(12-23)21(28)26(13-16-7-4-3-5-8-16)22(29)20(14)25-24-18-10-6-9-17(11-18)15(2)27/h3-11,28H,13H2,1-2H3. The summed E-state index contributed by atoms with van der Waals surface area (Å²) in [4.78, 5) is 24.5. The quantitative estimate of drug-likeness (QED) is 0.518. The predicted molar refractivity (Wildman–Crippen MR) is 108 cm³/mol. The Hall–Kier alpha value is -4.05. The summed E-state index contributed by atoms with van der Waals surface area (Å²) in [5.41, 5.74) is 1.27. The highest BCUT2D eigenvalue weighted by Crippen LogP contribution is 2.27. The van der Waals surface area contributed by atoms with E-state index in [4.69, 9.17) is 0 Å². The van der Waals surface area contributed by atoms with Crippen LogP contribution in [-0.2, 0) is 6.54 Å². The first-order valence-corrected chi connectivity index (χ1v) is 8.85. The van der Waals surface area contributed by atoms with Gasteiger partial charge in [0.1, 0.15) is 11.6 Å². The number of nitrogens with zero attached hydrogens (tertiary/aromatic N) is 4. The first-order chi connectivity index (χ1) is 13.9. The van der Waals surface area contributed by atoms with Crippen molar-refractivity contribution >= 4 is 17.2 Å². The average molecular weight is 386 g/mol. The Kier molecular flexibility index (Phi) is 5.65. The Morgan fingerprint density at radius 3 is 2.52 bits per heavy atom. The molecule has 0 aliphatic heterocycles. The molecule has 2 aromatic carbocycles. The summed E-state index contributed by atoms with van der Waals surface area (Å²) in [6.07, 6.45) is 0. The summed E-state index contributed by atoms with van der Waals surface area (Å²) >= 11 is 0. The van der Waals surface area contributed by atoms with Gasteiger partial charge in [0.2, 0.25) is 5.88 Å². The number of aromatic nitrogens is 1. The van der Waals surface area contributed by atoms with Gasteiger partial charge >= 0.3 is 0 Å². The molecule has 1 N–H and O–H groups in total. The molecule has 3 aromatic rings. The van der Waals surface area contributed by atoms with E-state index in [1.807, 2.05) is 36.4 Å². The number of hydrogen-bond donors (Lipinski definition) is 1. The molecule has 7 heteroatoms. The number of aromatic hydroxyl groups is 1. The van der Waals surface area contributed by atoms with Gasteiger partial charge in [0.15, 0.2) is 11.5 Å². The molecule has 1 aromatic heterocycles. The van der Waals surface area contributed by atoms with E-state index in [9.17, 15) is 20.0 Å². The van der Waals surface area contributed by atoms with Crippen LogP contribution in [0.1, 0.15) is 34.0 Å². The highest BCUT2D eigenvalue weighted by molar-refractivity contribution is 5.94. The van der Waals surface area contributed by atoms with Crippen LogP contribution in [-0.4, -0.2) is 15.5 Å². The van der Waals surface area contributed by atoms with Crippen molar-refractivity contribution in [3.63, 3.8) is 0 Å². The second kappa shape index (κ2) is 8.31. The Labute approximate surface area is 167 Å². The molecular formula is C22H18N4O3. The van der Waals surface area contributed by atoms with Gasteiger partial charge in [-0.1, -0.05) is 42.5 Å². The zero-order valence-electron chi connectivity index (χ0n) is 16.0. The van der Waals surface area contributed by atoms with Crippen molar-refractivity contribution in [1.29, 1.82) is 5.26 Å². The molecule has 0 saturated heterocycles. The molecule has 3 rings (SSSR count). The van der Waals surface area contributed by atoms with Gasteiger partial charge in [0.05, 0.1) is 12.2 Å². The summed E-state index contributed by atoms with van der Waals surface area (Å²) < 4.78 is 1.10. The lowest BCUT2D eigenvalue weighted by Crippen LogP contribution is -2.22. The van der Waals surface area contributed by atoms with Gasteiger partial charge < -0.3 is 5.11 Å². The maximum absolute atomic E-state index is 13.0. The second-order valence-electron chi connectivity index (χ2n) is 6.47. The van der Waals surface area contributed by atoms with E-state index in [0.29, 0.717) is 11.3 Å². The summed E-state index contributed by atoms with van der Waals surface area (Å²) in [6.45, 7) is 3.07. The van der Waals surface area contributed by atoms with Gasteiger partial charge in [-0.25, -0.2) is 0 Å². The molecule has 0 unspecified atom stereocenters. The van der Waals surface area contributed by atoms with Gasteiger partial charge in [-0.15, -0.1) is 5.11 Å². The Morgan fingerprint density at radius 1 is 1.14 bits per heavy atom. The van der Waals surface area contributed by atoms with Crippen LogP contribution in [0.3, 0.4) is 0 Å². The molecule has 0 radical (unpaired) electrons. The average Bonchev–Trinajstić information content (AvgIpc) is 2.72. The van der Waals surface area contributed by atoms with Crippen molar-refractivity contribution < 1.29 is 9.90 Å². The largest absolute Gasteiger partial charge is 0.493 e. The minimum absolute atomic E-state index is 0.0352. The van der Waals surface area contributed by atoms with E-state index in [2.05, 4.69) is 10.2 Å². The molecule has 0 spiro atoms. The normalized spacial score (nSPS) is 10.8. The third-order valence-electron chi connectivity index (χ3n) is 4.47. The molecule has 0 aliphatic rings. The number of nitriles is 1. The van der Waals surface area contributed by atoms with Crippen molar-refractivity contribution in [2.45, 2.75) is 20.4 Å². The van der Waals surface area contributed by atoms with Gasteiger partial charge in [0.25, 0.3) is 5.56 Å². The summed E-state index contributed by atoms with van der Waals surface area (Å²) in [6, 6.07) is 17.6. The van der Waals surface area contributed by atoms with Crippen molar-refractivity contribution in [1.82, 2.24) is 4.57 Å². The lowest BCUT2D eigenvalue weighted by atomic mass is 10.1. The van der Waals surface area contributed by atoms with Crippen LogP contribution in [0.4, 0.5) is 11.4 Å². The van der Waals surface area contributed by atoms with Crippen LogP contribution in [0.25, 0.3) is 0 Å². The van der Waals surface area contributed by atoms with Crippen LogP contribution in [0.15, 0.2) is 69.6 Å². The Morgan fingerprint density at radius 2 is 1.86 bits per heavy atom. The van der Waals surface area contributed by atoms with Crippen LogP contribution in [0.5, 0.6) is 5.88 Å². The number of azo groups is 1. The van der Waals surface area contributed by atoms with E-state index in [-0.39, 0.29) is 29.1 Å². The van der Waals surface area contributed by atoms with Crippen molar-refractivity contribution in [2.75, 3.05) is 0 Å². The Balaban J connectivity index is 2.10. The summed E-state index contributed by atoms with van der Waals surface area (Å²) in [5, 5.41) is 28.0. The maximum Gasteiger partial charge on any atom is 0.281 e. The van der Waals surface area contributed by atoms with Crippen LogP contribution in [0, 0.1) is 18.3 Å². The van der Waals surface area contributed by atoms with Gasteiger partial charge in [-0.2, -0.15) is 10.4 Å². The zero-order chi connectivity index (χ0) is 21.0. The zero-order valence-corrected chi connectivity index (χ0v) is 16.0. The number of ketones is 1. The third-order valence-corrected chi connectivity index (χ3v) is 4.47. The molecule has 0 aliphatic carbocycles. The number of benzene rings is 2. The smallest absolute Gasteiger partial charge is 0.281 e. The molecule has 0 saturated carbocycles. The minimum atomic E-state index is -0.561. The lowest BCUT2D eigenvalue weighted by Gasteiger charge is -2.13. The Bertz CT molecular complexity index is 1210. The van der Waals surface area contributed by atoms with E-state index >= 15 is 0 Å². The predicted octanol–water partition coefficient (Wildman–Crippen LogP) is 4.40. The van der Waals surface area contributed by atoms with E-state index in [0.717, 1.165) is 10.1 Å². The second-order valence-corrected chi connectivity index (χ2v) is 6.47. The number of rotatable bonds is 5. The molecule has 144 valence electrons. The molecule has 29 heavy (non-hydrogen) atoms. The van der Waals surface area contributed by atoms with Gasteiger partial charge in [-0.3, -0.25) is 14.2 Å². The van der Waals surface area contributed by atoms with Crippen LogP contribution < -0.4 is 5.56 Å². The van der Waals surface area contributed by atoms with Crippen molar-refractivity contribution in [3.05, 3.63) is 87.2 Å². The van der Waals surface area contributed by atoms with E-state index < -0.39 is 11.4 Å². The first-order valence-electron chi connectivity index (χ1n) is 8.85. The molecule has 0 bridgehead atoms. The van der Waals surface area contributed by atoms with Gasteiger partial charge in [-0.05, 0) is 31.5 Å². The van der Waals surface area contributed by atoms with Crippen molar-refractivity contribution in [3.8, 4) is 11.9 Å². The SMILES string of the molecule is CC(=O)c1cccc(N=Nc2c(C)c(C#N)c(O)n(Cc3ccccc3)c2=O)c1. The third kappa shape index (κ3) is 4.12. The summed E-state index contributed by atoms with van der Waals surface area (Å²) in [7, 11) is 0. The lowest BCUT2D eigenvalue weighted by molar-refractivity contribution is 0.101.